The molecular formula is C26H26N2O6S. The molecule has 4 rings (SSSR count). The van der Waals surface area contributed by atoms with Gasteiger partial charge in [-0.25, -0.2) is 13.3 Å². The first-order valence-electron chi connectivity index (χ1n) is 11.0. The molecule has 1 saturated heterocycles. The molecule has 0 aromatic heterocycles. The predicted octanol–water partition coefficient (Wildman–Crippen LogP) is 3.54. The van der Waals surface area contributed by atoms with Crippen LogP contribution in [-0.2, 0) is 26.2 Å². The monoisotopic (exact) mass is 494 g/mol. The zero-order valence-electron chi connectivity index (χ0n) is 19.7. The van der Waals surface area contributed by atoms with Crippen molar-refractivity contribution in [3.63, 3.8) is 0 Å². The van der Waals surface area contributed by atoms with Gasteiger partial charge in [-0.2, -0.15) is 4.31 Å². The Kier molecular flexibility index (Phi) is 6.90. The van der Waals surface area contributed by atoms with E-state index < -0.39 is 27.9 Å². The zero-order valence-corrected chi connectivity index (χ0v) is 20.5. The normalized spacial score (nSPS) is 16.1. The molecule has 8 nitrogen and oxygen atoms in total. The highest BCUT2D eigenvalue weighted by Crippen LogP contribution is 2.32. The van der Waals surface area contributed by atoms with E-state index >= 15 is 0 Å². The lowest BCUT2D eigenvalue weighted by atomic mass is 10.1. The number of carbonyl (C=O) groups excluding carboxylic acids is 2. The van der Waals surface area contributed by atoms with Gasteiger partial charge in [0.15, 0.2) is 0 Å². The van der Waals surface area contributed by atoms with Gasteiger partial charge in [0.05, 0.1) is 31.2 Å². The molecule has 2 amide bonds. The van der Waals surface area contributed by atoms with Gasteiger partial charge in [-0.15, -0.1) is 0 Å². The summed E-state index contributed by atoms with van der Waals surface area (Å²) in [6.45, 7) is 1.87. The van der Waals surface area contributed by atoms with Gasteiger partial charge in [-0.3, -0.25) is 9.59 Å². The van der Waals surface area contributed by atoms with Crippen LogP contribution in [0.4, 0.5) is 5.69 Å². The van der Waals surface area contributed by atoms with E-state index in [1.807, 2.05) is 31.2 Å². The summed E-state index contributed by atoms with van der Waals surface area (Å²) >= 11 is 0. The number of carbonyl (C=O) groups is 2. The Morgan fingerprint density at radius 2 is 1.40 bits per heavy atom. The van der Waals surface area contributed by atoms with Crippen LogP contribution in [0.1, 0.15) is 17.5 Å². The Hall–Kier alpha value is -3.69. The molecule has 1 fully saturated rings. The Morgan fingerprint density at radius 1 is 0.857 bits per heavy atom. The third kappa shape index (κ3) is 4.91. The summed E-state index contributed by atoms with van der Waals surface area (Å²) in [7, 11) is -1.12. The van der Waals surface area contributed by atoms with Crippen LogP contribution in [0, 0.1) is 6.92 Å². The van der Waals surface area contributed by atoms with E-state index in [1.54, 1.807) is 36.4 Å². The lowest BCUT2D eigenvalue weighted by Gasteiger charge is -2.27. The fourth-order valence-corrected chi connectivity index (χ4v) is 5.53. The highest BCUT2D eigenvalue weighted by Gasteiger charge is 2.47. The van der Waals surface area contributed by atoms with E-state index in [9.17, 15) is 18.0 Å². The third-order valence-corrected chi connectivity index (χ3v) is 7.80. The number of hydrogen-bond acceptors (Lipinski definition) is 6. The van der Waals surface area contributed by atoms with E-state index in [4.69, 9.17) is 9.47 Å². The van der Waals surface area contributed by atoms with Crippen LogP contribution in [0.25, 0.3) is 0 Å². The highest BCUT2D eigenvalue weighted by molar-refractivity contribution is 7.89. The van der Waals surface area contributed by atoms with E-state index in [2.05, 4.69) is 0 Å². The first-order chi connectivity index (χ1) is 16.7. The SMILES string of the molecule is COc1ccc(N2C(=O)CC(N(Cc3ccc(C)cc3)S(=O)(=O)c3ccc(OC)cc3)C2=O)cc1. The summed E-state index contributed by atoms with van der Waals surface area (Å²) in [5, 5.41) is 0. The van der Waals surface area contributed by atoms with Crippen LogP contribution in [0.2, 0.25) is 0 Å². The molecule has 0 bridgehead atoms. The Bertz CT molecular complexity index is 1320. The van der Waals surface area contributed by atoms with Gasteiger partial charge < -0.3 is 9.47 Å². The second kappa shape index (κ2) is 9.89. The van der Waals surface area contributed by atoms with Crippen molar-refractivity contribution in [2.45, 2.75) is 30.8 Å². The molecule has 3 aromatic carbocycles. The number of aryl methyl sites for hydroxylation is 1. The average Bonchev–Trinajstić information content (AvgIpc) is 3.16. The van der Waals surface area contributed by atoms with Crippen molar-refractivity contribution in [2.75, 3.05) is 19.1 Å². The number of methoxy groups -OCH3 is 2. The van der Waals surface area contributed by atoms with Crippen LogP contribution in [0.5, 0.6) is 11.5 Å². The molecule has 9 heteroatoms. The smallest absolute Gasteiger partial charge is 0.252 e. The quantitative estimate of drug-likeness (QED) is 0.445. The Labute approximate surface area is 204 Å². The van der Waals surface area contributed by atoms with Gasteiger partial charge in [0.25, 0.3) is 5.91 Å². The minimum Gasteiger partial charge on any atom is -0.497 e. The van der Waals surface area contributed by atoms with Crippen molar-refractivity contribution < 1.29 is 27.5 Å². The summed E-state index contributed by atoms with van der Waals surface area (Å²) in [6, 6.07) is 18.6. The van der Waals surface area contributed by atoms with E-state index in [0.717, 1.165) is 14.8 Å². The van der Waals surface area contributed by atoms with Crippen molar-refractivity contribution in [1.29, 1.82) is 0 Å². The van der Waals surface area contributed by atoms with Crippen LogP contribution in [-0.4, -0.2) is 44.8 Å². The molecule has 1 unspecified atom stereocenters. The maximum absolute atomic E-state index is 13.8. The molecule has 0 spiro atoms. The maximum atomic E-state index is 13.8. The van der Waals surface area contributed by atoms with Crippen molar-refractivity contribution in [1.82, 2.24) is 4.31 Å². The van der Waals surface area contributed by atoms with Gasteiger partial charge in [0.2, 0.25) is 15.9 Å². The number of hydrogen-bond donors (Lipinski definition) is 0. The lowest BCUT2D eigenvalue weighted by Crippen LogP contribution is -2.45. The maximum Gasteiger partial charge on any atom is 0.252 e. The van der Waals surface area contributed by atoms with E-state index in [-0.39, 0.29) is 17.9 Å². The molecule has 35 heavy (non-hydrogen) atoms. The average molecular weight is 495 g/mol. The largest absolute Gasteiger partial charge is 0.497 e. The summed E-state index contributed by atoms with van der Waals surface area (Å²) < 4.78 is 38.9. The molecule has 1 aliphatic heterocycles. The number of rotatable bonds is 8. The van der Waals surface area contributed by atoms with Crippen molar-refractivity contribution in [2.24, 2.45) is 0 Å². The van der Waals surface area contributed by atoms with Crippen molar-refractivity contribution >= 4 is 27.5 Å². The van der Waals surface area contributed by atoms with Crippen molar-refractivity contribution in [3.8, 4) is 11.5 Å². The van der Waals surface area contributed by atoms with Crippen LogP contribution in [0.15, 0.2) is 77.7 Å². The van der Waals surface area contributed by atoms with Gasteiger partial charge in [-0.1, -0.05) is 29.8 Å². The molecule has 3 aromatic rings. The minimum atomic E-state index is -4.13. The standard InChI is InChI=1S/C26H26N2O6S/c1-18-4-6-19(7-5-18)17-27(35(31,32)23-14-12-22(34-3)13-15-23)24-16-25(29)28(26(24)30)20-8-10-21(33-2)11-9-20/h4-15,24H,16-17H2,1-3H3. The third-order valence-electron chi connectivity index (χ3n) is 5.93. The molecule has 0 radical (unpaired) electrons. The zero-order chi connectivity index (χ0) is 25.2. The fraction of sp³-hybridized carbons (Fsp3) is 0.231. The Morgan fingerprint density at radius 3 is 1.94 bits per heavy atom. The summed E-state index contributed by atoms with van der Waals surface area (Å²) in [5.41, 5.74) is 2.09. The van der Waals surface area contributed by atoms with Gasteiger partial charge >= 0.3 is 0 Å². The summed E-state index contributed by atoms with van der Waals surface area (Å²) in [6.07, 6.45) is -0.258. The molecule has 0 N–H and O–H groups in total. The van der Waals surface area contributed by atoms with Gasteiger partial charge in [0.1, 0.15) is 17.5 Å². The summed E-state index contributed by atoms with van der Waals surface area (Å²) in [5.74, 6) is 0.0210. The minimum absolute atomic E-state index is 0.00792. The van der Waals surface area contributed by atoms with Crippen LogP contribution >= 0.6 is 0 Å². The molecule has 182 valence electrons. The topological polar surface area (TPSA) is 93.2 Å². The number of benzene rings is 3. The number of imide groups is 1. The molecular weight excluding hydrogens is 468 g/mol. The first-order valence-corrected chi connectivity index (χ1v) is 12.4. The first kappa shape index (κ1) is 24.4. The van der Waals surface area contributed by atoms with Gasteiger partial charge in [-0.05, 0) is 61.0 Å². The molecule has 1 atom stereocenters. The number of amides is 2. The second-order valence-corrected chi connectivity index (χ2v) is 10.1. The molecule has 1 heterocycles. The van der Waals surface area contributed by atoms with Crippen LogP contribution in [0.3, 0.4) is 0 Å². The van der Waals surface area contributed by atoms with Crippen LogP contribution < -0.4 is 14.4 Å². The number of ether oxygens (including phenoxy) is 2. The molecule has 0 aliphatic carbocycles. The van der Waals surface area contributed by atoms with E-state index in [0.29, 0.717) is 22.7 Å². The Balaban J connectivity index is 1.72. The van der Waals surface area contributed by atoms with Gasteiger partial charge in [0, 0.05) is 6.54 Å². The number of sulfonamides is 1. The number of anilines is 1. The highest BCUT2D eigenvalue weighted by atomic mass is 32.2. The summed E-state index contributed by atoms with van der Waals surface area (Å²) in [4.78, 5) is 27.5. The molecule has 0 saturated carbocycles. The lowest BCUT2D eigenvalue weighted by molar-refractivity contribution is -0.122. The second-order valence-electron chi connectivity index (χ2n) is 8.20. The number of nitrogens with zero attached hydrogens (tertiary/aromatic N) is 2. The molecule has 1 aliphatic rings. The van der Waals surface area contributed by atoms with E-state index in [1.165, 1.54) is 26.4 Å². The fourth-order valence-electron chi connectivity index (χ4n) is 3.96. The predicted molar refractivity (Wildman–Crippen MR) is 131 cm³/mol. The van der Waals surface area contributed by atoms with Crippen molar-refractivity contribution in [3.05, 3.63) is 83.9 Å².